The van der Waals surface area contributed by atoms with E-state index in [1.54, 1.807) is 18.5 Å². The SMILES string of the molecule is C=CCSc1nc2c(c(=O)[nH]1)[C@H](c1cccnc1)[C@H]1C(=O)CCC=C1N2. The zero-order valence-electron chi connectivity index (χ0n) is 14.1. The van der Waals surface area contributed by atoms with Gasteiger partial charge in [-0.05, 0) is 18.1 Å². The quantitative estimate of drug-likeness (QED) is 0.491. The van der Waals surface area contributed by atoms with Gasteiger partial charge in [0.2, 0.25) is 0 Å². The largest absolute Gasteiger partial charge is 0.343 e. The van der Waals surface area contributed by atoms with Gasteiger partial charge in [0.05, 0.1) is 11.5 Å². The predicted octanol–water partition coefficient (Wildman–Crippen LogP) is 2.86. The molecule has 2 atom stereocenters. The Hall–Kier alpha value is -2.67. The minimum absolute atomic E-state index is 0.138. The molecule has 132 valence electrons. The highest BCUT2D eigenvalue weighted by Gasteiger charge is 2.42. The van der Waals surface area contributed by atoms with Crippen molar-refractivity contribution in [1.29, 1.82) is 0 Å². The average molecular weight is 366 g/mol. The summed E-state index contributed by atoms with van der Waals surface area (Å²) in [5.41, 5.74) is 1.96. The van der Waals surface area contributed by atoms with Crippen molar-refractivity contribution in [2.75, 3.05) is 11.1 Å². The molecule has 3 heterocycles. The van der Waals surface area contributed by atoms with E-state index < -0.39 is 5.92 Å². The molecule has 0 spiro atoms. The average Bonchev–Trinajstić information content (AvgIpc) is 2.65. The number of ketones is 1. The Morgan fingerprint density at radius 1 is 1.35 bits per heavy atom. The number of aromatic amines is 1. The number of anilines is 1. The minimum Gasteiger partial charge on any atom is -0.343 e. The summed E-state index contributed by atoms with van der Waals surface area (Å²) in [7, 11) is 0. The third-order valence-electron chi connectivity index (χ3n) is 4.66. The number of nitrogens with one attached hydrogen (secondary N) is 2. The number of hydrogen-bond donors (Lipinski definition) is 2. The van der Waals surface area contributed by atoms with Gasteiger partial charge in [0.1, 0.15) is 11.6 Å². The van der Waals surface area contributed by atoms with Crippen LogP contribution in [-0.2, 0) is 4.79 Å². The number of nitrogens with zero attached hydrogens (tertiary/aromatic N) is 2. The molecule has 1 aliphatic carbocycles. The third-order valence-corrected chi connectivity index (χ3v) is 5.53. The number of aromatic nitrogens is 3. The standard InChI is InChI=1S/C19H18N4O2S/c1-2-9-26-19-22-17-16(18(25)23-19)14(11-5-4-8-20-10-11)15-12(21-17)6-3-7-13(15)24/h2,4-6,8,10,14-15H,1,3,7,9H2,(H2,21,22,23,25)/t14-,15-/m1/s1. The summed E-state index contributed by atoms with van der Waals surface area (Å²) in [6.45, 7) is 3.69. The summed E-state index contributed by atoms with van der Waals surface area (Å²) in [4.78, 5) is 37.2. The van der Waals surface area contributed by atoms with Crippen LogP contribution in [0.1, 0.15) is 29.9 Å². The maximum Gasteiger partial charge on any atom is 0.257 e. The zero-order chi connectivity index (χ0) is 18.1. The van der Waals surface area contributed by atoms with Gasteiger partial charge in [-0.3, -0.25) is 14.6 Å². The van der Waals surface area contributed by atoms with Crippen LogP contribution in [0.4, 0.5) is 5.82 Å². The normalized spacial score (nSPS) is 21.2. The molecule has 0 unspecified atom stereocenters. The van der Waals surface area contributed by atoms with Gasteiger partial charge in [-0.1, -0.05) is 30.0 Å². The van der Waals surface area contributed by atoms with Crippen LogP contribution in [-0.4, -0.2) is 26.5 Å². The van der Waals surface area contributed by atoms with Gasteiger partial charge in [-0.2, -0.15) is 0 Å². The molecule has 2 aromatic heterocycles. The molecule has 0 bridgehead atoms. The van der Waals surface area contributed by atoms with Crippen molar-refractivity contribution in [3.8, 4) is 0 Å². The molecule has 0 saturated heterocycles. The van der Waals surface area contributed by atoms with Crippen molar-refractivity contribution in [2.45, 2.75) is 23.9 Å². The number of hydrogen-bond acceptors (Lipinski definition) is 6. The van der Waals surface area contributed by atoms with Gasteiger partial charge in [0.15, 0.2) is 5.16 Å². The Bertz CT molecular complexity index is 952. The Morgan fingerprint density at radius 2 is 2.23 bits per heavy atom. The van der Waals surface area contributed by atoms with E-state index in [-0.39, 0.29) is 17.3 Å². The molecular formula is C19H18N4O2S. The Kier molecular flexibility index (Phi) is 4.46. The lowest BCUT2D eigenvalue weighted by molar-refractivity contribution is -0.122. The van der Waals surface area contributed by atoms with Gasteiger partial charge in [0, 0.05) is 36.2 Å². The predicted molar refractivity (Wildman–Crippen MR) is 101 cm³/mol. The van der Waals surface area contributed by atoms with E-state index in [9.17, 15) is 9.59 Å². The maximum absolute atomic E-state index is 12.9. The molecule has 4 rings (SSSR count). The lowest BCUT2D eigenvalue weighted by atomic mass is 9.72. The topological polar surface area (TPSA) is 87.7 Å². The van der Waals surface area contributed by atoms with Gasteiger partial charge in [-0.25, -0.2) is 4.98 Å². The first-order chi connectivity index (χ1) is 12.7. The van der Waals surface area contributed by atoms with E-state index in [2.05, 4.69) is 26.8 Å². The van der Waals surface area contributed by atoms with Crippen LogP contribution in [0.2, 0.25) is 0 Å². The van der Waals surface area contributed by atoms with E-state index in [1.165, 1.54) is 11.8 Å². The second-order valence-corrected chi connectivity index (χ2v) is 7.27. The molecule has 6 nitrogen and oxygen atoms in total. The highest BCUT2D eigenvalue weighted by molar-refractivity contribution is 7.99. The molecule has 0 amide bonds. The summed E-state index contributed by atoms with van der Waals surface area (Å²) in [6.07, 6.45) is 8.39. The van der Waals surface area contributed by atoms with Crippen LogP contribution in [0.5, 0.6) is 0 Å². The van der Waals surface area contributed by atoms with E-state index in [4.69, 9.17) is 0 Å². The van der Waals surface area contributed by atoms with Crippen LogP contribution in [0, 0.1) is 5.92 Å². The fraction of sp³-hybridized carbons (Fsp3) is 0.263. The van der Waals surface area contributed by atoms with E-state index in [0.717, 1.165) is 11.3 Å². The van der Waals surface area contributed by atoms with Gasteiger partial charge >= 0.3 is 0 Å². The van der Waals surface area contributed by atoms with Gasteiger partial charge in [0.25, 0.3) is 5.56 Å². The minimum atomic E-state index is -0.393. The molecule has 0 radical (unpaired) electrons. The fourth-order valence-electron chi connectivity index (χ4n) is 3.59. The number of thioether (sulfide) groups is 1. The number of allylic oxidation sites excluding steroid dienone is 2. The first-order valence-electron chi connectivity index (χ1n) is 8.46. The summed E-state index contributed by atoms with van der Waals surface area (Å²) in [5.74, 6) is 0.534. The second kappa shape index (κ2) is 6.92. The van der Waals surface area contributed by atoms with E-state index in [1.807, 2.05) is 18.2 Å². The molecule has 2 N–H and O–H groups in total. The summed E-state index contributed by atoms with van der Waals surface area (Å²) >= 11 is 1.41. The number of fused-ring (bicyclic) bond motifs is 2. The van der Waals surface area contributed by atoms with Crippen molar-refractivity contribution < 1.29 is 4.79 Å². The molecule has 2 aliphatic rings. The maximum atomic E-state index is 12.9. The highest BCUT2D eigenvalue weighted by Crippen LogP contribution is 2.44. The molecule has 1 aliphatic heterocycles. The van der Waals surface area contributed by atoms with Crippen molar-refractivity contribution in [1.82, 2.24) is 15.0 Å². The first-order valence-corrected chi connectivity index (χ1v) is 9.45. The summed E-state index contributed by atoms with van der Waals surface area (Å²) < 4.78 is 0. The Labute approximate surface area is 154 Å². The fourth-order valence-corrected chi connectivity index (χ4v) is 4.19. The third kappa shape index (κ3) is 2.88. The monoisotopic (exact) mass is 366 g/mol. The van der Waals surface area contributed by atoms with Crippen LogP contribution in [0.3, 0.4) is 0 Å². The molecular weight excluding hydrogens is 348 g/mol. The number of Topliss-reactive ketones (excluding diaryl/α,β-unsaturated/α-hetero) is 1. The zero-order valence-corrected chi connectivity index (χ0v) is 14.9. The molecule has 2 aromatic rings. The second-order valence-electron chi connectivity index (χ2n) is 6.26. The van der Waals surface area contributed by atoms with E-state index in [0.29, 0.717) is 35.1 Å². The van der Waals surface area contributed by atoms with Crippen LogP contribution in [0.15, 0.2) is 58.9 Å². The molecule has 7 heteroatoms. The van der Waals surface area contributed by atoms with Crippen molar-refractivity contribution in [3.63, 3.8) is 0 Å². The number of carbonyl (C=O) groups is 1. The van der Waals surface area contributed by atoms with Gasteiger partial charge < -0.3 is 10.3 Å². The van der Waals surface area contributed by atoms with Crippen molar-refractivity contribution >= 4 is 23.4 Å². The lowest BCUT2D eigenvalue weighted by Gasteiger charge is -2.36. The molecule has 0 saturated carbocycles. The molecule has 26 heavy (non-hydrogen) atoms. The number of pyridine rings is 1. The Morgan fingerprint density at radius 3 is 3.00 bits per heavy atom. The smallest absolute Gasteiger partial charge is 0.257 e. The number of H-pyrrole nitrogens is 1. The lowest BCUT2D eigenvalue weighted by Crippen LogP contribution is -2.38. The summed E-state index contributed by atoms with van der Waals surface area (Å²) in [5, 5.41) is 3.77. The number of rotatable bonds is 4. The highest BCUT2D eigenvalue weighted by atomic mass is 32.2. The van der Waals surface area contributed by atoms with Gasteiger partial charge in [-0.15, -0.1) is 6.58 Å². The number of carbonyl (C=O) groups excluding carboxylic acids is 1. The Balaban J connectivity index is 1.90. The first kappa shape index (κ1) is 16.8. The van der Waals surface area contributed by atoms with Crippen LogP contribution < -0.4 is 10.9 Å². The van der Waals surface area contributed by atoms with Crippen LogP contribution in [0.25, 0.3) is 0 Å². The van der Waals surface area contributed by atoms with Crippen molar-refractivity contribution in [3.05, 3.63) is 70.4 Å². The van der Waals surface area contributed by atoms with E-state index >= 15 is 0 Å². The van der Waals surface area contributed by atoms with Crippen molar-refractivity contribution in [2.24, 2.45) is 5.92 Å². The summed E-state index contributed by atoms with van der Waals surface area (Å²) in [6, 6.07) is 3.73. The molecule has 0 fully saturated rings. The van der Waals surface area contributed by atoms with Crippen LogP contribution >= 0.6 is 11.8 Å². The molecule has 0 aromatic carbocycles.